The lowest BCUT2D eigenvalue weighted by Gasteiger charge is -2.18. The van der Waals surface area contributed by atoms with Gasteiger partial charge in [0.25, 0.3) is 0 Å². The van der Waals surface area contributed by atoms with Gasteiger partial charge in [-0.3, -0.25) is 8.89 Å². The highest BCUT2D eigenvalue weighted by Gasteiger charge is 2.24. The highest BCUT2D eigenvalue weighted by Crippen LogP contribution is 2.30. The Morgan fingerprint density at radius 3 is 2.57 bits per heavy atom. The van der Waals surface area contributed by atoms with Crippen molar-refractivity contribution in [3.05, 3.63) is 11.5 Å². The van der Waals surface area contributed by atoms with Crippen molar-refractivity contribution in [1.29, 1.82) is 0 Å². The Kier molecular flexibility index (Phi) is 5.09. The Balaban J connectivity index is 2.55. The van der Waals surface area contributed by atoms with Gasteiger partial charge in [-0.25, -0.2) is 4.98 Å². The van der Waals surface area contributed by atoms with Crippen molar-refractivity contribution >= 4 is 33.6 Å². The van der Waals surface area contributed by atoms with Crippen molar-refractivity contribution in [2.24, 2.45) is 7.05 Å². The molecule has 2 aromatic rings. The van der Waals surface area contributed by atoms with Crippen molar-refractivity contribution in [2.45, 2.75) is 45.0 Å². The maximum absolute atomic E-state index is 11.4. The molecule has 2 rings (SSSR count). The van der Waals surface area contributed by atoms with Crippen LogP contribution in [0.25, 0.3) is 11.2 Å². The van der Waals surface area contributed by atoms with E-state index in [1.807, 2.05) is 18.7 Å². The van der Waals surface area contributed by atoms with E-state index >= 15 is 0 Å². The Morgan fingerprint density at radius 1 is 1.38 bits per heavy atom. The standard InChI is InChI=1S/C14H23ClN4OS/c1-6-11-12-14(18(4)17-11)19(13(16-12)10(3)15)9(2)7-8-21(5)20/h9-10H,6-8H2,1-5H3. The fourth-order valence-electron chi connectivity index (χ4n) is 2.64. The number of nitrogens with zero attached hydrogens (tertiary/aromatic N) is 4. The average molecular weight is 331 g/mol. The van der Waals surface area contributed by atoms with Crippen molar-refractivity contribution in [3.63, 3.8) is 0 Å². The molecule has 0 aliphatic heterocycles. The quantitative estimate of drug-likeness (QED) is 0.765. The maximum Gasteiger partial charge on any atom is 0.158 e. The topological polar surface area (TPSA) is 52.7 Å². The molecule has 0 radical (unpaired) electrons. The monoisotopic (exact) mass is 330 g/mol. The van der Waals surface area contributed by atoms with Crippen LogP contribution in [0, 0.1) is 0 Å². The number of alkyl halides is 1. The van der Waals surface area contributed by atoms with Gasteiger partial charge in [-0.15, -0.1) is 11.6 Å². The molecule has 0 aliphatic carbocycles. The number of halogens is 1. The number of aryl methyl sites for hydroxylation is 2. The highest BCUT2D eigenvalue weighted by atomic mass is 35.5. The summed E-state index contributed by atoms with van der Waals surface area (Å²) in [7, 11) is 1.15. The molecule has 0 fully saturated rings. The van der Waals surface area contributed by atoms with Gasteiger partial charge in [0.2, 0.25) is 0 Å². The number of imidazole rings is 1. The molecular weight excluding hydrogens is 308 g/mol. The van der Waals surface area contributed by atoms with Gasteiger partial charge in [-0.05, 0) is 26.7 Å². The Labute approximate surface area is 133 Å². The molecule has 7 heteroatoms. The molecule has 0 saturated carbocycles. The maximum atomic E-state index is 11.4. The van der Waals surface area contributed by atoms with Crippen LogP contribution in [0.1, 0.15) is 50.1 Å². The Morgan fingerprint density at radius 2 is 2.05 bits per heavy atom. The molecule has 118 valence electrons. The van der Waals surface area contributed by atoms with Gasteiger partial charge in [0.15, 0.2) is 5.65 Å². The number of aromatic nitrogens is 4. The van der Waals surface area contributed by atoms with Gasteiger partial charge < -0.3 is 4.57 Å². The van der Waals surface area contributed by atoms with Crippen LogP contribution in [0.3, 0.4) is 0 Å². The van der Waals surface area contributed by atoms with E-state index in [-0.39, 0.29) is 11.4 Å². The minimum absolute atomic E-state index is 0.170. The largest absolute Gasteiger partial charge is 0.309 e. The molecule has 2 heterocycles. The van der Waals surface area contributed by atoms with Crippen LogP contribution in [-0.2, 0) is 24.3 Å². The van der Waals surface area contributed by atoms with E-state index in [9.17, 15) is 4.21 Å². The second-order valence-corrected chi connectivity index (χ2v) is 7.68. The normalized spacial score (nSPS) is 16.3. The molecule has 0 aromatic carbocycles. The second-order valence-electron chi connectivity index (χ2n) is 5.47. The highest BCUT2D eigenvalue weighted by molar-refractivity contribution is 7.84. The first kappa shape index (κ1) is 16.5. The van der Waals surface area contributed by atoms with Crippen molar-refractivity contribution in [3.8, 4) is 0 Å². The molecule has 0 N–H and O–H groups in total. The van der Waals surface area contributed by atoms with Crippen LogP contribution in [0.2, 0.25) is 0 Å². The molecule has 0 bridgehead atoms. The molecule has 2 aromatic heterocycles. The molecule has 0 spiro atoms. The third-order valence-corrected chi connectivity index (χ3v) is 4.72. The van der Waals surface area contributed by atoms with Gasteiger partial charge in [0.05, 0.1) is 11.1 Å². The van der Waals surface area contributed by atoms with Crippen LogP contribution in [0.4, 0.5) is 0 Å². The summed E-state index contributed by atoms with van der Waals surface area (Å²) in [5.41, 5.74) is 2.94. The van der Waals surface area contributed by atoms with Crippen molar-refractivity contribution in [2.75, 3.05) is 12.0 Å². The molecule has 21 heavy (non-hydrogen) atoms. The van der Waals surface area contributed by atoms with Crippen LogP contribution < -0.4 is 0 Å². The van der Waals surface area contributed by atoms with E-state index < -0.39 is 10.8 Å². The van der Waals surface area contributed by atoms with Crippen LogP contribution in [0.5, 0.6) is 0 Å². The van der Waals surface area contributed by atoms with Gasteiger partial charge in [-0.2, -0.15) is 5.10 Å². The molecule has 3 atom stereocenters. The summed E-state index contributed by atoms with van der Waals surface area (Å²) in [5.74, 6) is 1.54. The predicted octanol–water partition coefficient (Wildman–Crippen LogP) is 2.96. The number of hydrogen-bond acceptors (Lipinski definition) is 3. The molecule has 0 aliphatic rings. The summed E-state index contributed by atoms with van der Waals surface area (Å²) in [4.78, 5) is 4.72. The van der Waals surface area contributed by atoms with E-state index in [4.69, 9.17) is 16.6 Å². The minimum Gasteiger partial charge on any atom is -0.309 e. The molecule has 0 amide bonds. The SMILES string of the molecule is CCc1nn(C)c2c1nc(C(C)Cl)n2C(C)CCS(C)=O. The Bertz CT molecular complexity index is 662. The molecule has 3 unspecified atom stereocenters. The summed E-state index contributed by atoms with van der Waals surface area (Å²) in [6, 6.07) is 0.190. The lowest BCUT2D eigenvalue weighted by atomic mass is 10.2. The molecule has 5 nitrogen and oxygen atoms in total. The summed E-state index contributed by atoms with van der Waals surface area (Å²) in [6.07, 6.45) is 3.41. The van der Waals surface area contributed by atoms with E-state index in [1.165, 1.54) is 0 Å². The first-order valence-electron chi connectivity index (χ1n) is 7.24. The Hall–Kier alpha value is -0.880. The van der Waals surface area contributed by atoms with Gasteiger partial charge >= 0.3 is 0 Å². The summed E-state index contributed by atoms with van der Waals surface area (Å²) < 4.78 is 15.4. The van der Waals surface area contributed by atoms with E-state index in [2.05, 4.69) is 23.5 Å². The van der Waals surface area contributed by atoms with E-state index in [0.29, 0.717) is 5.75 Å². The van der Waals surface area contributed by atoms with Crippen molar-refractivity contribution < 1.29 is 4.21 Å². The van der Waals surface area contributed by atoms with Gasteiger partial charge in [-0.1, -0.05) is 6.92 Å². The summed E-state index contributed by atoms with van der Waals surface area (Å²) >= 11 is 6.32. The number of rotatable bonds is 6. The van der Waals surface area contributed by atoms with Crippen LogP contribution in [-0.4, -0.2) is 35.5 Å². The zero-order valence-corrected chi connectivity index (χ0v) is 14.8. The molecule has 0 saturated heterocycles. The van der Waals surface area contributed by atoms with E-state index in [1.54, 1.807) is 6.26 Å². The zero-order chi connectivity index (χ0) is 15.7. The predicted molar refractivity (Wildman–Crippen MR) is 88.4 cm³/mol. The summed E-state index contributed by atoms with van der Waals surface area (Å²) in [6.45, 7) is 6.13. The number of fused-ring (bicyclic) bond motifs is 1. The van der Waals surface area contributed by atoms with Gasteiger partial charge in [0, 0.05) is 35.9 Å². The number of hydrogen-bond donors (Lipinski definition) is 0. The van der Waals surface area contributed by atoms with Gasteiger partial charge in [0.1, 0.15) is 11.3 Å². The minimum atomic E-state index is -0.790. The van der Waals surface area contributed by atoms with E-state index in [0.717, 1.165) is 35.5 Å². The third-order valence-electron chi connectivity index (χ3n) is 3.72. The lowest BCUT2D eigenvalue weighted by Crippen LogP contribution is -2.14. The zero-order valence-electron chi connectivity index (χ0n) is 13.3. The van der Waals surface area contributed by atoms with Crippen LogP contribution >= 0.6 is 11.6 Å². The first-order chi connectivity index (χ1) is 9.86. The first-order valence-corrected chi connectivity index (χ1v) is 9.40. The summed E-state index contributed by atoms with van der Waals surface area (Å²) in [5, 5.41) is 4.37. The fourth-order valence-corrected chi connectivity index (χ4v) is 3.47. The molecular formula is C14H23ClN4OS. The lowest BCUT2D eigenvalue weighted by molar-refractivity contribution is 0.511. The van der Waals surface area contributed by atoms with Crippen LogP contribution in [0.15, 0.2) is 0 Å². The second kappa shape index (κ2) is 6.48. The average Bonchev–Trinajstić information content (AvgIpc) is 2.94. The smallest absolute Gasteiger partial charge is 0.158 e. The fraction of sp³-hybridized carbons (Fsp3) is 0.714. The van der Waals surface area contributed by atoms with Crippen molar-refractivity contribution in [1.82, 2.24) is 19.3 Å². The third kappa shape index (κ3) is 3.16.